The molecule has 0 saturated heterocycles. The van der Waals surface area contributed by atoms with E-state index in [0.717, 1.165) is 24.5 Å². The van der Waals surface area contributed by atoms with Gasteiger partial charge in [-0.05, 0) is 30.9 Å². The minimum absolute atomic E-state index is 0.269. The lowest BCUT2D eigenvalue weighted by Crippen LogP contribution is -2.17. The molecule has 1 nitrogen and oxygen atoms in total. The van der Waals surface area contributed by atoms with Crippen molar-refractivity contribution < 1.29 is 0 Å². The summed E-state index contributed by atoms with van der Waals surface area (Å²) in [6.45, 7) is 2.06. The fourth-order valence-electron chi connectivity index (χ4n) is 2.02. The molecule has 1 aliphatic carbocycles. The van der Waals surface area contributed by atoms with Gasteiger partial charge in [0, 0.05) is 23.7 Å². The van der Waals surface area contributed by atoms with Crippen LogP contribution in [0.2, 0.25) is 0 Å². The maximum atomic E-state index is 6.32. The van der Waals surface area contributed by atoms with Crippen LogP contribution >= 0.6 is 11.6 Å². The molecule has 82 valence electrons. The molecule has 0 radical (unpaired) electrons. The third-order valence-corrected chi connectivity index (χ3v) is 3.55. The first-order valence-corrected chi connectivity index (χ1v) is 6.23. The molecule has 1 heterocycles. The van der Waals surface area contributed by atoms with Crippen LogP contribution < -0.4 is 0 Å². The van der Waals surface area contributed by atoms with E-state index in [4.69, 9.17) is 11.6 Å². The monoisotopic (exact) mass is 223 g/mol. The van der Waals surface area contributed by atoms with Crippen LogP contribution in [-0.4, -0.2) is 10.4 Å². The highest BCUT2D eigenvalue weighted by Gasteiger charge is 2.21. The van der Waals surface area contributed by atoms with E-state index in [0.29, 0.717) is 0 Å². The van der Waals surface area contributed by atoms with Gasteiger partial charge in [0.25, 0.3) is 0 Å². The summed E-state index contributed by atoms with van der Waals surface area (Å²) >= 11 is 6.32. The van der Waals surface area contributed by atoms with Crippen molar-refractivity contribution in [2.45, 2.75) is 44.4 Å². The second-order valence-corrected chi connectivity index (χ2v) is 5.28. The minimum Gasteiger partial charge on any atom is -0.261 e. The highest BCUT2D eigenvalue weighted by atomic mass is 35.5. The maximum absolute atomic E-state index is 6.32. The van der Waals surface area contributed by atoms with Gasteiger partial charge in [-0.3, -0.25) is 4.98 Å². The van der Waals surface area contributed by atoms with Crippen LogP contribution in [0.15, 0.2) is 18.3 Å². The molecule has 0 amide bonds. The number of aromatic nitrogens is 1. The quantitative estimate of drug-likeness (QED) is 0.709. The molecular formula is C13H18ClN. The normalized spacial score (nSPS) is 18.5. The summed E-state index contributed by atoms with van der Waals surface area (Å²) in [6.07, 6.45) is 8.16. The second-order valence-electron chi connectivity index (χ2n) is 4.66. The second kappa shape index (κ2) is 4.98. The highest BCUT2D eigenvalue weighted by molar-refractivity contribution is 6.20. The predicted octanol–water partition coefficient (Wildman–Crippen LogP) is 3.73. The van der Waals surface area contributed by atoms with Crippen molar-refractivity contribution in [2.75, 3.05) is 0 Å². The Labute approximate surface area is 96.9 Å². The van der Waals surface area contributed by atoms with Gasteiger partial charge in [-0.1, -0.05) is 25.3 Å². The van der Waals surface area contributed by atoms with Gasteiger partial charge in [0.2, 0.25) is 0 Å². The van der Waals surface area contributed by atoms with Crippen molar-refractivity contribution in [1.82, 2.24) is 4.98 Å². The first kappa shape index (κ1) is 10.9. The van der Waals surface area contributed by atoms with Crippen LogP contribution in [0.25, 0.3) is 0 Å². The average Bonchev–Trinajstić information content (AvgIpc) is 2.16. The largest absolute Gasteiger partial charge is 0.261 e. The molecule has 2 heteroatoms. The van der Waals surface area contributed by atoms with E-state index in [1.54, 1.807) is 0 Å². The van der Waals surface area contributed by atoms with Crippen molar-refractivity contribution in [3.63, 3.8) is 0 Å². The molecule has 0 spiro atoms. The molecule has 2 rings (SSSR count). The Balaban J connectivity index is 1.82. The van der Waals surface area contributed by atoms with Crippen LogP contribution in [0.3, 0.4) is 0 Å². The van der Waals surface area contributed by atoms with E-state index < -0.39 is 0 Å². The molecule has 1 saturated carbocycles. The Hall–Kier alpha value is -0.560. The Morgan fingerprint density at radius 2 is 2.27 bits per heavy atom. The van der Waals surface area contributed by atoms with E-state index in [1.807, 2.05) is 6.20 Å². The van der Waals surface area contributed by atoms with Crippen molar-refractivity contribution in [2.24, 2.45) is 5.92 Å². The molecule has 1 aromatic rings. The van der Waals surface area contributed by atoms with Crippen LogP contribution in [-0.2, 0) is 6.42 Å². The number of hydrogen-bond donors (Lipinski definition) is 0. The lowest BCUT2D eigenvalue weighted by atomic mass is 9.81. The fourth-order valence-corrected chi connectivity index (χ4v) is 2.43. The zero-order valence-electron chi connectivity index (χ0n) is 9.25. The zero-order valence-corrected chi connectivity index (χ0v) is 10.0. The molecular weight excluding hydrogens is 206 g/mol. The van der Waals surface area contributed by atoms with E-state index >= 15 is 0 Å². The van der Waals surface area contributed by atoms with Crippen molar-refractivity contribution in [3.05, 3.63) is 29.6 Å². The molecule has 1 unspecified atom stereocenters. The van der Waals surface area contributed by atoms with E-state index in [-0.39, 0.29) is 5.38 Å². The lowest BCUT2D eigenvalue weighted by molar-refractivity contribution is 0.292. The Kier molecular flexibility index (Phi) is 3.63. The first-order valence-electron chi connectivity index (χ1n) is 5.79. The number of halogens is 1. The van der Waals surface area contributed by atoms with Gasteiger partial charge in [-0.15, -0.1) is 11.6 Å². The zero-order chi connectivity index (χ0) is 10.7. The average molecular weight is 224 g/mol. The van der Waals surface area contributed by atoms with Gasteiger partial charge in [-0.2, -0.15) is 0 Å². The van der Waals surface area contributed by atoms with Gasteiger partial charge in [0.1, 0.15) is 0 Å². The van der Waals surface area contributed by atoms with Gasteiger partial charge in [-0.25, -0.2) is 0 Å². The summed E-state index contributed by atoms with van der Waals surface area (Å²) in [6, 6.07) is 4.20. The third-order valence-electron chi connectivity index (χ3n) is 3.22. The smallest absolute Gasteiger partial charge is 0.0418 e. The molecule has 0 aromatic carbocycles. The maximum Gasteiger partial charge on any atom is 0.0418 e. The highest BCUT2D eigenvalue weighted by Crippen LogP contribution is 2.32. The molecule has 1 atom stereocenters. The van der Waals surface area contributed by atoms with Gasteiger partial charge < -0.3 is 0 Å². The summed E-state index contributed by atoms with van der Waals surface area (Å²) in [4.78, 5) is 4.38. The summed E-state index contributed by atoms with van der Waals surface area (Å²) in [5.41, 5.74) is 2.34. The predicted molar refractivity (Wildman–Crippen MR) is 64.3 cm³/mol. The van der Waals surface area contributed by atoms with Gasteiger partial charge in [0.15, 0.2) is 0 Å². The molecule has 1 fully saturated rings. The van der Waals surface area contributed by atoms with E-state index in [2.05, 4.69) is 24.0 Å². The van der Waals surface area contributed by atoms with Crippen LogP contribution in [0.4, 0.5) is 0 Å². The Morgan fingerprint density at radius 3 is 2.80 bits per heavy atom. The van der Waals surface area contributed by atoms with Crippen LogP contribution in [0.5, 0.6) is 0 Å². The van der Waals surface area contributed by atoms with E-state index in [1.165, 1.54) is 24.8 Å². The van der Waals surface area contributed by atoms with Gasteiger partial charge >= 0.3 is 0 Å². The Bertz CT molecular complexity index is 303. The number of nitrogens with zero attached hydrogens (tertiary/aromatic N) is 1. The number of rotatable bonds is 4. The molecule has 1 aromatic heterocycles. The minimum atomic E-state index is 0.269. The molecule has 15 heavy (non-hydrogen) atoms. The number of pyridine rings is 1. The van der Waals surface area contributed by atoms with Crippen LogP contribution in [0.1, 0.15) is 36.9 Å². The number of alkyl halides is 1. The van der Waals surface area contributed by atoms with Crippen LogP contribution in [0, 0.1) is 12.8 Å². The molecule has 0 aliphatic heterocycles. The number of hydrogen-bond acceptors (Lipinski definition) is 1. The fraction of sp³-hybridized carbons (Fsp3) is 0.615. The van der Waals surface area contributed by atoms with Crippen molar-refractivity contribution >= 4 is 11.6 Å². The standard InChI is InChI=1S/C13H18ClN/c1-10-5-6-13(15-9-10)8-12(14)7-11-3-2-4-11/h5-6,9,11-12H,2-4,7-8H2,1H3. The molecule has 0 N–H and O–H groups in total. The Morgan fingerprint density at radius 1 is 1.47 bits per heavy atom. The van der Waals surface area contributed by atoms with Gasteiger partial charge in [0.05, 0.1) is 0 Å². The summed E-state index contributed by atoms with van der Waals surface area (Å²) < 4.78 is 0. The van der Waals surface area contributed by atoms with Crippen molar-refractivity contribution in [1.29, 1.82) is 0 Å². The molecule has 1 aliphatic rings. The SMILES string of the molecule is Cc1ccc(CC(Cl)CC2CCC2)nc1. The topological polar surface area (TPSA) is 12.9 Å². The first-order chi connectivity index (χ1) is 7.24. The lowest BCUT2D eigenvalue weighted by Gasteiger charge is -2.27. The van der Waals surface area contributed by atoms with E-state index in [9.17, 15) is 0 Å². The third kappa shape index (κ3) is 3.20. The summed E-state index contributed by atoms with van der Waals surface area (Å²) in [5.74, 6) is 0.887. The summed E-state index contributed by atoms with van der Waals surface area (Å²) in [7, 11) is 0. The summed E-state index contributed by atoms with van der Waals surface area (Å²) in [5, 5.41) is 0.269. The van der Waals surface area contributed by atoms with Crippen molar-refractivity contribution in [3.8, 4) is 0 Å². The molecule has 0 bridgehead atoms. The number of aryl methyl sites for hydroxylation is 1.